The van der Waals surface area contributed by atoms with Crippen molar-refractivity contribution in [2.24, 2.45) is 0 Å². The summed E-state index contributed by atoms with van der Waals surface area (Å²) in [6.45, 7) is 4.51. The largest absolute Gasteiger partial charge is 0.756 e. The second-order valence-corrected chi connectivity index (χ2v) is 25.2. The Bertz CT molecular complexity index is 1810. The standard InChI is InChI=1S/C74H129N2O6P/c1-6-8-10-12-14-16-18-20-22-24-26-28-30-32-34-36-37-38-39-40-42-44-46-48-50-52-54-56-58-60-62-64-66-68-74(78)75-72(71-82-83(79,80)81-70-69-76(3,4)5)73(77)67-65-63-61-59-57-55-53-51-49-47-45-43-41-35-33-31-29-27-25-23-21-19-17-15-13-11-9-7-2/h8,10,14,16,20,22,26,28,32,34,37-38,40,42,46,48,52,54,57,59,65,67,72-73,77H,6-7,9,11-13,15,17-19,21,23-25,27,29-31,33,35-36,39,41,43-45,47,49-51,53,55-56,58,60-64,66,68-71H2,1-5H3,(H-,75,78,79,80)/b10-8-,16-14-,22-20-,28-26-,34-32-,38-37-,42-40-,48-46-,54-52-,59-57+,67-65+. The minimum Gasteiger partial charge on any atom is -0.756 e. The van der Waals surface area contributed by atoms with E-state index in [0.29, 0.717) is 17.4 Å². The van der Waals surface area contributed by atoms with Crippen molar-refractivity contribution in [3.63, 3.8) is 0 Å². The van der Waals surface area contributed by atoms with Gasteiger partial charge in [-0.2, -0.15) is 0 Å². The molecule has 0 spiro atoms. The molecule has 0 saturated heterocycles. The first kappa shape index (κ1) is 79.6. The molecule has 0 aliphatic rings. The van der Waals surface area contributed by atoms with Gasteiger partial charge in [0.2, 0.25) is 5.91 Å². The van der Waals surface area contributed by atoms with E-state index >= 15 is 0 Å². The van der Waals surface area contributed by atoms with Gasteiger partial charge in [0.1, 0.15) is 13.2 Å². The molecule has 0 heterocycles. The molecule has 0 rings (SSSR count). The molecule has 83 heavy (non-hydrogen) atoms. The molecule has 0 saturated carbocycles. The molecule has 3 unspecified atom stereocenters. The molecule has 2 N–H and O–H groups in total. The van der Waals surface area contributed by atoms with Gasteiger partial charge in [0.15, 0.2) is 0 Å². The molecular formula is C74H129N2O6P. The number of phosphoric acid groups is 1. The maximum absolute atomic E-state index is 13.0. The van der Waals surface area contributed by atoms with Gasteiger partial charge >= 0.3 is 0 Å². The number of likely N-dealkylation sites (N-methyl/N-ethyl adjacent to an activating group) is 1. The Morgan fingerprint density at radius 1 is 0.434 bits per heavy atom. The maximum atomic E-state index is 13.0. The Hall–Kier alpha value is -3.36. The van der Waals surface area contributed by atoms with E-state index in [1.165, 1.54) is 141 Å². The summed E-state index contributed by atoms with van der Waals surface area (Å²) in [5.74, 6) is -0.229. The highest BCUT2D eigenvalue weighted by atomic mass is 31.2. The number of carbonyl (C=O) groups is 1. The summed E-state index contributed by atoms with van der Waals surface area (Å²) in [5.41, 5.74) is 0. The van der Waals surface area contributed by atoms with Crippen LogP contribution in [0.5, 0.6) is 0 Å². The summed E-state index contributed by atoms with van der Waals surface area (Å²) in [6.07, 6.45) is 95.6. The van der Waals surface area contributed by atoms with Gasteiger partial charge in [-0.05, 0) is 103 Å². The number of aliphatic hydroxyl groups excluding tert-OH is 1. The number of hydrogen-bond acceptors (Lipinski definition) is 6. The molecule has 0 aromatic rings. The van der Waals surface area contributed by atoms with Crippen LogP contribution < -0.4 is 10.2 Å². The SMILES string of the molecule is CC/C=C\C/C=C\C/C=C\C/C=C\C/C=C\C/C=C\C/C=C\C/C=C\C/C=C\CCCCCCCC(=O)NC(COP(=O)([O-])OCC[N+](C)(C)C)C(O)/C=C/CC/C=C/CCCCCCCCCCCCCCCCCCCCCCCC. The number of allylic oxidation sites excluding steroid dienone is 21. The fourth-order valence-corrected chi connectivity index (χ4v) is 10.1. The third-order valence-corrected chi connectivity index (χ3v) is 15.6. The van der Waals surface area contributed by atoms with Gasteiger partial charge < -0.3 is 28.8 Å². The molecule has 1 amide bonds. The van der Waals surface area contributed by atoms with Crippen LogP contribution >= 0.6 is 7.82 Å². The summed E-state index contributed by atoms with van der Waals surface area (Å²) >= 11 is 0. The molecule has 3 atom stereocenters. The molecule has 476 valence electrons. The molecule has 0 aromatic carbocycles. The third-order valence-electron chi connectivity index (χ3n) is 14.6. The van der Waals surface area contributed by atoms with Gasteiger partial charge in [-0.3, -0.25) is 9.36 Å². The molecule has 8 nitrogen and oxygen atoms in total. The Morgan fingerprint density at radius 3 is 1.12 bits per heavy atom. The number of amides is 1. The van der Waals surface area contributed by atoms with Crippen LogP contribution in [0, 0.1) is 0 Å². The lowest BCUT2D eigenvalue weighted by Gasteiger charge is -2.29. The van der Waals surface area contributed by atoms with E-state index in [9.17, 15) is 19.4 Å². The highest BCUT2D eigenvalue weighted by molar-refractivity contribution is 7.45. The van der Waals surface area contributed by atoms with Gasteiger partial charge in [-0.1, -0.05) is 302 Å². The van der Waals surface area contributed by atoms with Crippen molar-refractivity contribution >= 4 is 13.7 Å². The van der Waals surface area contributed by atoms with E-state index in [1.54, 1.807) is 6.08 Å². The minimum atomic E-state index is -4.63. The van der Waals surface area contributed by atoms with E-state index in [2.05, 4.69) is 141 Å². The molecular weight excluding hydrogens is 1040 g/mol. The highest BCUT2D eigenvalue weighted by Gasteiger charge is 2.23. The van der Waals surface area contributed by atoms with Crippen LogP contribution in [0.1, 0.15) is 277 Å². The number of rotatable bonds is 61. The molecule has 0 aliphatic carbocycles. The van der Waals surface area contributed by atoms with Gasteiger partial charge in [-0.15, -0.1) is 0 Å². The van der Waals surface area contributed by atoms with Gasteiger partial charge in [-0.25, -0.2) is 0 Å². The van der Waals surface area contributed by atoms with Crippen molar-refractivity contribution < 1.29 is 32.9 Å². The lowest BCUT2D eigenvalue weighted by atomic mass is 10.0. The number of aliphatic hydroxyl groups is 1. The quantitative estimate of drug-likeness (QED) is 0.0272. The zero-order chi connectivity index (χ0) is 60.5. The van der Waals surface area contributed by atoms with Crippen molar-refractivity contribution in [2.75, 3.05) is 40.9 Å². The normalized spacial score (nSPS) is 14.5. The van der Waals surface area contributed by atoms with Crippen LogP contribution in [0.3, 0.4) is 0 Å². The number of nitrogens with zero attached hydrogens (tertiary/aromatic N) is 1. The van der Waals surface area contributed by atoms with Crippen LogP contribution in [0.2, 0.25) is 0 Å². The number of hydrogen-bond donors (Lipinski definition) is 2. The smallest absolute Gasteiger partial charge is 0.268 e. The van der Waals surface area contributed by atoms with E-state index < -0.39 is 26.6 Å². The van der Waals surface area contributed by atoms with Gasteiger partial charge in [0.05, 0.1) is 39.9 Å². The first-order valence-electron chi connectivity index (χ1n) is 34.0. The lowest BCUT2D eigenvalue weighted by Crippen LogP contribution is -2.45. The van der Waals surface area contributed by atoms with Gasteiger partial charge in [0, 0.05) is 6.42 Å². The fraction of sp³-hybridized carbons (Fsp3) is 0.689. The van der Waals surface area contributed by atoms with Gasteiger partial charge in [0.25, 0.3) is 7.82 Å². The van der Waals surface area contributed by atoms with Crippen molar-refractivity contribution in [1.82, 2.24) is 5.32 Å². The molecule has 0 bridgehead atoms. The molecule has 9 heteroatoms. The van der Waals surface area contributed by atoms with Crippen LogP contribution in [0.15, 0.2) is 134 Å². The maximum Gasteiger partial charge on any atom is 0.268 e. The van der Waals surface area contributed by atoms with E-state index in [4.69, 9.17) is 9.05 Å². The van der Waals surface area contributed by atoms with Crippen LogP contribution in [-0.2, 0) is 18.4 Å². The molecule has 0 aromatic heterocycles. The van der Waals surface area contributed by atoms with Crippen molar-refractivity contribution in [1.29, 1.82) is 0 Å². The predicted molar refractivity (Wildman–Crippen MR) is 362 cm³/mol. The van der Waals surface area contributed by atoms with E-state index in [1.807, 2.05) is 27.2 Å². The Morgan fingerprint density at radius 2 is 0.747 bits per heavy atom. The zero-order valence-corrected chi connectivity index (χ0v) is 55.2. The molecule has 0 fully saturated rings. The first-order chi connectivity index (χ1) is 40.5. The Labute approximate surface area is 513 Å². The topological polar surface area (TPSA) is 108 Å². The van der Waals surface area contributed by atoms with Crippen molar-refractivity contribution in [3.05, 3.63) is 134 Å². The fourth-order valence-electron chi connectivity index (χ4n) is 9.34. The minimum absolute atomic E-state index is 0.0176. The number of carbonyl (C=O) groups excluding carboxylic acids is 1. The molecule has 0 aliphatic heterocycles. The summed E-state index contributed by atoms with van der Waals surface area (Å²) in [7, 11) is 1.21. The summed E-state index contributed by atoms with van der Waals surface area (Å²) in [5, 5.41) is 13.9. The van der Waals surface area contributed by atoms with E-state index in [0.717, 1.165) is 116 Å². The van der Waals surface area contributed by atoms with Crippen LogP contribution in [0.25, 0.3) is 0 Å². The number of quaternary nitrogens is 1. The Kier molecular flexibility index (Phi) is 60.6. The summed E-state index contributed by atoms with van der Waals surface area (Å²) in [4.78, 5) is 25.6. The number of unbranched alkanes of at least 4 members (excludes halogenated alkanes) is 28. The Balaban J connectivity index is 4.25. The lowest BCUT2D eigenvalue weighted by molar-refractivity contribution is -0.870. The van der Waals surface area contributed by atoms with Crippen molar-refractivity contribution in [3.8, 4) is 0 Å². The number of nitrogens with one attached hydrogen (secondary N) is 1. The van der Waals surface area contributed by atoms with E-state index in [-0.39, 0.29) is 12.5 Å². The predicted octanol–water partition coefficient (Wildman–Crippen LogP) is 21.2. The summed E-state index contributed by atoms with van der Waals surface area (Å²) < 4.78 is 23.4. The average Bonchev–Trinajstić information content (AvgIpc) is 3.49. The van der Waals surface area contributed by atoms with Crippen LogP contribution in [0.4, 0.5) is 0 Å². The first-order valence-corrected chi connectivity index (χ1v) is 35.5. The van der Waals surface area contributed by atoms with Crippen LogP contribution in [-0.4, -0.2) is 68.5 Å². The second kappa shape index (κ2) is 63.2. The molecule has 0 radical (unpaired) electrons. The highest BCUT2D eigenvalue weighted by Crippen LogP contribution is 2.38. The van der Waals surface area contributed by atoms with Crippen molar-refractivity contribution in [2.45, 2.75) is 289 Å². The average molecular weight is 1170 g/mol. The third kappa shape index (κ3) is 66.0. The second-order valence-electron chi connectivity index (χ2n) is 23.8. The number of phosphoric ester groups is 1. The zero-order valence-electron chi connectivity index (χ0n) is 54.4. The monoisotopic (exact) mass is 1170 g/mol. The summed E-state index contributed by atoms with van der Waals surface area (Å²) in [6, 6.07) is -0.926.